The number of hydrogen-bond acceptors (Lipinski definition) is 4. The van der Waals surface area contributed by atoms with E-state index in [1.807, 2.05) is 55.5 Å². The van der Waals surface area contributed by atoms with Crippen LogP contribution in [0.5, 0.6) is 0 Å². The van der Waals surface area contributed by atoms with E-state index in [1.165, 1.54) is 15.6 Å². The lowest BCUT2D eigenvalue weighted by molar-refractivity contribution is -0.112. The van der Waals surface area contributed by atoms with Crippen molar-refractivity contribution in [2.75, 3.05) is 0 Å². The summed E-state index contributed by atoms with van der Waals surface area (Å²) in [5.74, 6) is 0.0532. The minimum atomic E-state index is -0.244. The maximum Gasteiger partial charge on any atom is 0.182 e. The number of aryl methyl sites for hydroxylation is 1. The molecule has 0 bridgehead atoms. The van der Waals surface area contributed by atoms with Gasteiger partial charge in [-0.1, -0.05) is 56.7 Å². The van der Waals surface area contributed by atoms with Crippen molar-refractivity contribution in [1.82, 2.24) is 0 Å². The van der Waals surface area contributed by atoms with Crippen molar-refractivity contribution in [2.24, 2.45) is 15.6 Å². The highest BCUT2D eigenvalue weighted by Gasteiger charge is 2.25. The molecule has 0 aliphatic heterocycles. The van der Waals surface area contributed by atoms with Crippen LogP contribution in [0.2, 0.25) is 0 Å². The molecular formula is C26H24N2OS. The van der Waals surface area contributed by atoms with Crippen molar-refractivity contribution in [3.8, 4) is 0 Å². The summed E-state index contributed by atoms with van der Waals surface area (Å²) in [5, 5.41) is 10.3. The number of fused-ring (bicyclic) bond motifs is 1. The van der Waals surface area contributed by atoms with Gasteiger partial charge in [0.1, 0.15) is 5.70 Å². The van der Waals surface area contributed by atoms with Crippen LogP contribution >= 0.6 is 11.3 Å². The van der Waals surface area contributed by atoms with Crippen molar-refractivity contribution in [1.29, 1.82) is 0 Å². The van der Waals surface area contributed by atoms with Gasteiger partial charge in [-0.2, -0.15) is 5.11 Å². The first-order valence-corrected chi connectivity index (χ1v) is 10.8. The third-order valence-corrected chi connectivity index (χ3v) is 6.14. The summed E-state index contributed by atoms with van der Waals surface area (Å²) < 4.78 is 1.20. The Balaban J connectivity index is 1.87. The standard InChI is InChI=1S/C26H24N2OS/c1-17-9-12-20(13-10-17)27-28-25(24-16-18-7-5-6-8-23(18)30-24)19-11-14-22(29)21(15-19)26(2,3)4/h5-16H,1-4H3/b25-19+,28-27?. The number of allylic oxidation sites excluding steroid dienone is 5. The van der Waals surface area contributed by atoms with E-state index in [1.54, 1.807) is 17.4 Å². The first-order chi connectivity index (χ1) is 14.3. The van der Waals surface area contributed by atoms with E-state index < -0.39 is 0 Å². The molecule has 0 amide bonds. The van der Waals surface area contributed by atoms with Crippen molar-refractivity contribution in [3.63, 3.8) is 0 Å². The Morgan fingerprint density at radius 3 is 2.40 bits per heavy atom. The third-order valence-electron chi connectivity index (χ3n) is 5.02. The second-order valence-corrected chi connectivity index (χ2v) is 9.58. The van der Waals surface area contributed by atoms with Crippen LogP contribution in [0.4, 0.5) is 5.69 Å². The fourth-order valence-electron chi connectivity index (χ4n) is 3.33. The SMILES string of the molecule is Cc1ccc(N=N/C(=C2\C=CC(=O)C(C(C)(C)C)=C2)c2cc3ccccc3s2)cc1. The monoisotopic (exact) mass is 412 g/mol. The van der Waals surface area contributed by atoms with E-state index in [0.29, 0.717) is 0 Å². The van der Waals surface area contributed by atoms with Crippen molar-refractivity contribution in [2.45, 2.75) is 27.7 Å². The van der Waals surface area contributed by atoms with Crippen molar-refractivity contribution in [3.05, 3.63) is 94.4 Å². The Kier molecular flexibility index (Phi) is 5.35. The van der Waals surface area contributed by atoms with Crippen molar-refractivity contribution < 1.29 is 4.79 Å². The van der Waals surface area contributed by atoms with Gasteiger partial charge in [-0.15, -0.1) is 16.5 Å². The van der Waals surface area contributed by atoms with Crippen LogP contribution < -0.4 is 0 Å². The lowest BCUT2D eigenvalue weighted by atomic mass is 9.80. The van der Waals surface area contributed by atoms with E-state index in [9.17, 15) is 4.79 Å². The molecule has 0 radical (unpaired) electrons. The van der Waals surface area contributed by atoms with E-state index in [-0.39, 0.29) is 11.2 Å². The predicted molar refractivity (Wildman–Crippen MR) is 126 cm³/mol. The van der Waals surface area contributed by atoms with Crippen LogP contribution in [0.25, 0.3) is 15.8 Å². The number of carbonyl (C=O) groups is 1. The van der Waals surface area contributed by atoms with Gasteiger partial charge in [-0.3, -0.25) is 4.79 Å². The van der Waals surface area contributed by atoms with Crippen LogP contribution in [0, 0.1) is 12.3 Å². The fraction of sp³-hybridized carbons (Fsp3) is 0.192. The average molecular weight is 413 g/mol. The Morgan fingerprint density at radius 1 is 0.967 bits per heavy atom. The molecule has 0 atom stereocenters. The quantitative estimate of drug-likeness (QED) is 0.404. The molecule has 0 saturated heterocycles. The van der Waals surface area contributed by atoms with Gasteiger partial charge in [0, 0.05) is 15.8 Å². The highest BCUT2D eigenvalue weighted by molar-refractivity contribution is 7.20. The smallest absolute Gasteiger partial charge is 0.182 e. The number of rotatable bonds is 3. The second kappa shape index (κ2) is 7.96. The summed E-state index contributed by atoms with van der Waals surface area (Å²) in [5.41, 5.74) is 4.21. The number of nitrogens with zero attached hydrogens (tertiary/aromatic N) is 2. The first-order valence-electron chi connectivity index (χ1n) is 9.97. The normalized spacial score (nSPS) is 16.4. The number of ketones is 1. The van der Waals surface area contributed by atoms with Crippen LogP contribution in [0.1, 0.15) is 31.2 Å². The molecule has 4 rings (SSSR count). The third kappa shape index (κ3) is 4.24. The molecule has 3 nitrogen and oxygen atoms in total. The molecule has 0 N–H and O–H groups in total. The van der Waals surface area contributed by atoms with Gasteiger partial charge in [0.25, 0.3) is 0 Å². The molecule has 0 spiro atoms. The number of thiophene rings is 1. The molecule has 30 heavy (non-hydrogen) atoms. The number of carbonyl (C=O) groups excluding carboxylic acids is 1. The van der Waals surface area contributed by atoms with Crippen LogP contribution in [-0.4, -0.2) is 5.78 Å². The highest BCUT2D eigenvalue weighted by atomic mass is 32.1. The maximum absolute atomic E-state index is 12.5. The number of hydrogen-bond donors (Lipinski definition) is 0. The van der Waals surface area contributed by atoms with E-state index >= 15 is 0 Å². The van der Waals surface area contributed by atoms with Crippen molar-refractivity contribution >= 4 is 38.6 Å². The number of azo groups is 1. The fourth-order valence-corrected chi connectivity index (χ4v) is 4.40. The molecule has 3 aromatic rings. The lowest BCUT2D eigenvalue weighted by Gasteiger charge is -2.23. The molecule has 0 saturated carbocycles. The van der Waals surface area contributed by atoms with Crippen LogP contribution in [0.15, 0.2) is 94.2 Å². The minimum Gasteiger partial charge on any atom is -0.290 e. The zero-order valence-electron chi connectivity index (χ0n) is 17.6. The molecule has 2 aromatic carbocycles. The number of benzene rings is 2. The summed E-state index contributed by atoms with van der Waals surface area (Å²) >= 11 is 1.69. The summed E-state index contributed by atoms with van der Waals surface area (Å²) in [6, 6.07) is 18.4. The van der Waals surface area contributed by atoms with Gasteiger partial charge < -0.3 is 0 Å². The molecule has 4 heteroatoms. The molecule has 1 aliphatic rings. The molecule has 1 heterocycles. The molecule has 0 fully saturated rings. The van der Waals surface area contributed by atoms with E-state index in [0.717, 1.165) is 27.4 Å². The molecular weight excluding hydrogens is 388 g/mol. The zero-order chi connectivity index (χ0) is 21.3. The molecule has 150 valence electrons. The van der Waals surface area contributed by atoms with Gasteiger partial charge >= 0.3 is 0 Å². The average Bonchev–Trinajstić information content (AvgIpc) is 3.13. The summed E-state index contributed by atoms with van der Waals surface area (Å²) in [6.07, 6.45) is 5.46. The van der Waals surface area contributed by atoms with Gasteiger partial charge in [0.15, 0.2) is 5.78 Å². The van der Waals surface area contributed by atoms with Crippen LogP contribution in [-0.2, 0) is 4.79 Å². The largest absolute Gasteiger partial charge is 0.290 e. The first kappa shape index (κ1) is 20.2. The Labute approximate surface area is 181 Å². The van der Waals surface area contributed by atoms with Crippen LogP contribution in [0.3, 0.4) is 0 Å². The van der Waals surface area contributed by atoms with Gasteiger partial charge in [0.2, 0.25) is 0 Å². The zero-order valence-corrected chi connectivity index (χ0v) is 18.5. The van der Waals surface area contributed by atoms with E-state index in [4.69, 9.17) is 0 Å². The predicted octanol–water partition coefficient (Wildman–Crippen LogP) is 7.82. The molecule has 1 aromatic heterocycles. The van der Waals surface area contributed by atoms with Gasteiger partial charge in [0.05, 0.1) is 10.6 Å². The minimum absolute atomic E-state index is 0.0532. The van der Waals surface area contributed by atoms with Gasteiger partial charge in [-0.05, 0) is 60.2 Å². The lowest BCUT2D eigenvalue weighted by Crippen LogP contribution is -2.18. The maximum atomic E-state index is 12.5. The highest BCUT2D eigenvalue weighted by Crippen LogP contribution is 2.37. The van der Waals surface area contributed by atoms with E-state index in [2.05, 4.69) is 49.2 Å². The van der Waals surface area contributed by atoms with Gasteiger partial charge in [-0.25, -0.2) is 0 Å². The Hall–Kier alpha value is -3.11. The second-order valence-electron chi connectivity index (χ2n) is 8.49. The Bertz CT molecular complexity index is 1200. The summed E-state index contributed by atoms with van der Waals surface area (Å²) in [7, 11) is 0. The molecule has 1 aliphatic carbocycles. The molecule has 0 unspecified atom stereocenters. The Morgan fingerprint density at radius 2 is 1.70 bits per heavy atom. The summed E-state index contributed by atoms with van der Waals surface area (Å²) in [4.78, 5) is 13.5. The summed E-state index contributed by atoms with van der Waals surface area (Å²) in [6.45, 7) is 8.22. The topological polar surface area (TPSA) is 41.8 Å².